The second-order valence-corrected chi connectivity index (χ2v) is 6.54. The summed E-state index contributed by atoms with van der Waals surface area (Å²) in [6.45, 7) is 1.42. The summed E-state index contributed by atoms with van der Waals surface area (Å²) in [6.07, 6.45) is 1.86. The van der Waals surface area contributed by atoms with Crippen molar-refractivity contribution in [2.75, 3.05) is 17.7 Å². The first-order chi connectivity index (χ1) is 13.0. The van der Waals surface area contributed by atoms with Gasteiger partial charge in [-0.1, -0.05) is 6.07 Å². The topological polar surface area (TPSA) is 93.2 Å². The maximum Gasteiger partial charge on any atom is 0.230 e. The number of carbonyl (C=O) groups is 2. The Morgan fingerprint density at radius 1 is 1.19 bits per heavy atom. The van der Waals surface area contributed by atoms with Gasteiger partial charge >= 0.3 is 0 Å². The van der Waals surface area contributed by atoms with Gasteiger partial charge in [-0.3, -0.25) is 14.6 Å². The zero-order valence-corrected chi connectivity index (χ0v) is 15.7. The van der Waals surface area contributed by atoms with Crippen LogP contribution in [-0.4, -0.2) is 28.9 Å². The first-order valence-electron chi connectivity index (χ1n) is 8.16. The Labute approximate surface area is 160 Å². The third-order valence-electron chi connectivity index (χ3n) is 3.57. The molecule has 0 spiro atoms. The molecule has 2 aromatic heterocycles. The van der Waals surface area contributed by atoms with E-state index in [1.54, 1.807) is 24.4 Å². The molecular formula is C19H18N4O3S. The Morgan fingerprint density at radius 3 is 2.74 bits per heavy atom. The second-order valence-electron chi connectivity index (χ2n) is 5.68. The van der Waals surface area contributed by atoms with Gasteiger partial charge in [-0.05, 0) is 24.3 Å². The molecule has 0 aliphatic carbocycles. The second kappa shape index (κ2) is 8.41. The lowest BCUT2D eigenvalue weighted by Crippen LogP contribution is -2.15. The van der Waals surface area contributed by atoms with E-state index in [-0.39, 0.29) is 18.2 Å². The lowest BCUT2D eigenvalue weighted by Gasteiger charge is -2.11. The van der Waals surface area contributed by atoms with Gasteiger partial charge in [-0.15, -0.1) is 11.3 Å². The van der Waals surface area contributed by atoms with E-state index in [2.05, 4.69) is 20.6 Å². The largest absolute Gasteiger partial charge is 0.494 e. The fraction of sp³-hybridized carbons (Fsp3) is 0.158. The summed E-state index contributed by atoms with van der Waals surface area (Å²) in [5, 5.41) is 8.11. The van der Waals surface area contributed by atoms with Crippen LogP contribution in [0.15, 0.2) is 48.0 Å². The van der Waals surface area contributed by atoms with Crippen LogP contribution in [0, 0.1) is 0 Å². The molecule has 8 heteroatoms. The summed E-state index contributed by atoms with van der Waals surface area (Å²) in [5.74, 6) is 0.0774. The van der Waals surface area contributed by atoms with Crippen molar-refractivity contribution >= 4 is 34.5 Å². The van der Waals surface area contributed by atoms with Crippen LogP contribution in [0.5, 0.6) is 5.75 Å². The predicted molar refractivity (Wildman–Crippen MR) is 105 cm³/mol. The number of amides is 2. The molecule has 0 aliphatic rings. The number of nitrogens with one attached hydrogen (secondary N) is 2. The van der Waals surface area contributed by atoms with E-state index in [1.807, 2.05) is 23.6 Å². The molecule has 3 aromatic rings. The summed E-state index contributed by atoms with van der Waals surface area (Å²) >= 11 is 1.45. The number of ether oxygens (including phenoxy) is 1. The van der Waals surface area contributed by atoms with Crippen LogP contribution in [-0.2, 0) is 16.0 Å². The van der Waals surface area contributed by atoms with Crippen molar-refractivity contribution in [3.8, 4) is 16.5 Å². The molecule has 1 aromatic carbocycles. The Kier molecular flexibility index (Phi) is 5.77. The number of hydrogen-bond donors (Lipinski definition) is 2. The number of rotatable bonds is 6. The van der Waals surface area contributed by atoms with Crippen molar-refractivity contribution in [2.24, 2.45) is 0 Å². The van der Waals surface area contributed by atoms with Crippen LogP contribution < -0.4 is 15.4 Å². The highest BCUT2D eigenvalue weighted by atomic mass is 32.1. The van der Waals surface area contributed by atoms with Crippen molar-refractivity contribution in [3.05, 3.63) is 53.7 Å². The zero-order valence-electron chi connectivity index (χ0n) is 14.9. The number of nitrogens with zero attached hydrogens (tertiary/aromatic N) is 2. The molecule has 2 heterocycles. The van der Waals surface area contributed by atoms with E-state index in [1.165, 1.54) is 25.4 Å². The molecule has 7 nitrogen and oxygen atoms in total. The van der Waals surface area contributed by atoms with Crippen LogP contribution >= 0.6 is 11.3 Å². The third kappa shape index (κ3) is 4.89. The summed E-state index contributed by atoms with van der Waals surface area (Å²) in [5.41, 5.74) is 2.58. The summed E-state index contributed by atoms with van der Waals surface area (Å²) in [7, 11) is 1.50. The molecule has 0 aliphatic heterocycles. The normalized spacial score (nSPS) is 10.3. The number of benzene rings is 1. The molecule has 2 N–H and O–H groups in total. The average Bonchev–Trinajstić information content (AvgIpc) is 3.11. The van der Waals surface area contributed by atoms with Gasteiger partial charge in [-0.25, -0.2) is 4.98 Å². The Morgan fingerprint density at radius 2 is 2.04 bits per heavy atom. The van der Waals surface area contributed by atoms with Gasteiger partial charge in [0.2, 0.25) is 11.8 Å². The smallest absolute Gasteiger partial charge is 0.230 e. The Bertz CT molecular complexity index is 957. The quantitative estimate of drug-likeness (QED) is 0.682. The minimum absolute atomic E-state index is 0.152. The first kappa shape index (κ1) is 18.5. The molecule has 0 unspecified atom stereocenters. The molecule has 0 bridgehead atoms. The lowest BCUT2D eigenvalue weighted by molar-refractivity contribution is -0.116. The molecule has 138 valence electrons. The SMILES string of the molecule is COc1cc(NC(=O)Cc2csc(-c3ccccn3)n2)ccc1NC(C)=O. The molecule has 0 atom stereocenters. The number of methoxy groups -OCH3 is 1. The monoisotopic (exact) mass is 382 g/mol. The van der Waals surface area contributed by atoms with Crippen molar-refractivity contribution in [2.45, 2.75) is 13.3 Å². The van der Waals surface area contributed by atoms with Gasteiger partial charge in [0.1, 0.15) is 10.8 Å². The molecule has 2 amide bonds. The number of thiazole rings is 1. The first-order valence-corrected chi connectivity index (χ1v) is 9.04. The maximum atomic E-state index is 12.3. The van der Waals surface area contributed by atoms with Crippen LogP contribution in [0.25, 0.3) is 10.7 Å². The van der Waals surface area contributed by atoms with Crippen molar-refractivity contribution in [3.63, 3.8) is 0 Å². The number of carbonyl (C=O) groups excluding carboxylic acids is 2. The highest BCUT2D eigenvalue weighted by molar-refractivity contribution is 7.13. The Hall–Kier alpha value is -3.26. The predicted octanol–water partition coefficient (Wildman–Crippen LogP) is 3.35. The standard InChI is InChI=1S/C19H18N4O3S/c1-12(24)21-15-7-6-13(9-17(15)26-2)22-18(25)10-14-11-27-19(23-14)16-5-3-4-8-20-16/h3-9,11H,10H2,1-2H3,(H,21,24)(H,22,25). The van der Waals surface area contributed by atoms with E-state index in [0.29, 0.717) is 22.8 Å². The number of anilines is 2. The van der Waals surface area contributed by atoms with E-state index in [0.717, 1.165) is 10.7 Å². The number of aromatic nitrogens is 2. The summed E-state index contributed by atoms with van der Waals surface area (Å²) < 4.78 is 5.26. The van der Waals surface area contributed by atoms with E-state index in [4.69, 9.17) is 4.74 Å². The molecule has 0 fully saturated rings. The van der Waals surface area contributed by atoms with Gasteiger partial charge in [0.25, 0.3) is 0 Å². The minimum atomic E-state index is -0.197. The van der Waals surface area contributed by atoms with Gasteiger partial charge in [-0.2, -0.15) is 0 Å². The Balaban J connectivity index is 1.66. The van der Waals surface area contributed by atoms with Crippen LogP contribution in [0.4, 0.5) is 11.4 Å². The van der Waals surface area contributed by atoms with Gasteiger partial charge < -0.3 is 15.4 Å². The molecule has 27 heavy (non-hydrogen) atoms. The molecule has 0 saturated carbocycles. The van der Waals surface area contributed by atoms with Crippen molar-refractivity contribution < 1.29 is 14.3 Å². The fourth-order valence-corrected chi connectivity index (χ4v) is 3.22. The summed E-state index contributed by atoms with van der Waals surface area (Å²) in [6, 6.07) is 10.7. The average molecular weight is 382 g/mol. The van der Waals surface area contributed by atoms with E-state index in [9.17, 15) is 9.59 Å². The van der Waals surface area contributed by atoms with Crippen molar-refractivity contribution in [1.82, 2.24) is 9.97 Å². The fourth-order valence-electron chi connectivity index (χ4n) is 2.43. The minimum Gasteiger partial charge on any atom is -0.494 e. The molecule has 0 radical (unpaired) electrons. The molecule has 0 saturated heterocycles. The van der Waals surface area contributed by atoms with Crippen LogP contribution in [0.1, 0.15) is 12.6 Å². The van der Waals surface area contributed by atoms with Crippen LogP contribution in [0.2, 0.25) is 0 Å². The highest BCUT2D eigenvalue weighted by Crippen LogP contribution is 2.28. The van der Waals surface area contributed by atoms with Crippen LogP contribution in [0.3, 0.4) is 0 Å². The maximum absolute atomic E-state index is 12.3. The van der Waals surface area contributed by atoms with Gasteiger partial charge in [0, 0.05) is 30.3 Å². The van der Waals surface area contributed by atoms with Gasteiger partial charge in [0.15, 0.2) is 0 Å². The van der Waals surface area contributed by atoms with E-state index < -0.39 is 0 Å². The van der Waals surface area contributed by atoms with Crippen molar-refractivity contribution in [1.29, 1.82) is 0 Å². The molecule has 3 rings (SSSR count). The molecular weight excluding hydrogens is 364 g/mol. The number of pyridine rings is 1. The van der Waals surface area contributed by atoms with Gasteiger partial charge in [0.05, 0.1) is 30.6 Å². The highest BCUT2D eigenvalue weighted by Gasteiger charge is 2.12. The third-order valence-corrected chi connectivity index (χ3v) is 4.49. The number of hydrogen-bond acceptors (Lipinski definition) is 6. The van der Waals surface area contributed by atoms with E-state index >= 15 is 0 Å². The lowest BCUT2D eigenvalue weighted by atomic mass is 10.2. The summed E-state index contributed by atoms with van der Waals surface area (Å²) in [4.78, 5) is 32.2. The zero-order chi connectivity index (χ0) is 19.2.